The maximum Gasteiger partial charge on any atom is 0.262 e. The lowest BCUT2D eigenvalue weighted by Gasteiger charge is -2.15. The molecule has 4 aromatic rings. The second-order valence-corrected chi connectivity index (χ2v) is 10.1. The number of rotatable bonds is 5. The van der Waals surface area contributed by atoms with E-state index >= 15 is 0 Å². The predicted molar refractivity (Wildman–Crippen MR) is 121 cm³/mol. The molecule has 0 fully saturated rings. The van der Waals surface area contributed by atoms with Gasteiger partial charge in [-0.25, -0.2) is 12.8 Å². The Hall–Kier alpha value is -2.55. The lowest BCUT2D eigenvalue weighted by atomic mass is 10.1. The van der Waals surface area contributed by atoms with Crippen molar-refractivity contribution in [1.82, 2.24) is 0 Å². The van der Waals surface area contributed by atoms with E-state index in [9.17, 15) is 17.9 Å². The molecule has 0 aromatic heterocycles. The highest BCUT2D eigenvalue weighted by molar-refractivity contribution is 9.10. The fourth-order valence-corrected chi connectivity index (χ4v) is 5.22. The molecule has 0 bridgehead atoms. The Labute approximate surface area is 185 Å². The van der Waals surface area contributed by atoms with E-state index < -0.39 is 15.8 Å². The van der Waals surface area contributed by atoms with Crippen molar-refractivity contribution in [2.45, 2.75) is 14.7 Å². The van der Waals surface area contributed by atoms with Gasteiger partial charge < -0.3 is 5.11 Å². The van der Waals surface area contributed by atoms with Gasteiger partial charge in [0.1, 0.15) is 11.6 Å². The number of aromatic hydroxyl groups is 1. The quantitative estimate of drug-likeness (QED) is 0.309. The summed E-state index contributed by atoms with van der Waals surface area (Å²) in [7, 11) is -4.05. The number of halogens is 2. The third-order valence-corrected chi connectivity index (χ3v) is 7.44. The van der Waals surface area contributed by atoms with Crippen LogP contribution < -0.4 is 4.72 Å². The largest absolute Gasteiger partial charge is 0.506 e. The summed E-state index contributed by atoms with van der Waals surface area (Å²) in [6, 6.07) is 21.6. The molecule has 152 valence electrons. The van der Waals surface area contributed by atoms with Crippen molar-refractivity contribution in [3.05, 3.63) is 89.2 Å². The second kappa shape index (κ2) is 8.29. The van der Waals surface area contributed by atoms with Crippen molar-refractivity contribution in [2.75, 3.05) is 4.72 Å². The van der Waals surface area contributed by atoms with Gasteiger partial charge in [0.15, 0.2) is 0 Å². The van der Waals surface area contributed by atoms with Gasteiger partial charge in [-0.2, -0.15) is 0 Å². The number of benzene rings is 4. The SMILES string of the molecule is O=S(=O)(Nc1cc(Sc2ccccc2)c(O)c2ccccc12)c1ccc(Br)c(F)c1. The summed E-state index contributed by atoms with van der Waals surface area (Å²) in [5, 5.41) is 11.8. The Bertz CT molecular complexity index is 1350. The van der Waals surface area contributed by atoms with Gasteiger partial charge in [-0.1, -0.05) is 54.2 Å². The summed E-state index contributed by atoms with van der Waals surface area (Å²) in [4.78, 5) is 1.20. The average molecular weight is 504 g/mol. The van der Waals surface area contributed by atoms with Crippen LogP contribution in [0.1, 0.15) is 0 Å². The van der Waals surface area contributed by atoms with E-state index in [-0.39, 0.29) is 15.1 Å². The molecule has 0 aliphatic heterocycles. The van der Waals surface area contributed by atoms with Gasteiger partial charge in [0, 0.05) is 15.7 Å². The van der Waals surface area contributed by atoms with Crippen molar-refractivity contribution in [1.29, 1.82) is 0 Å². The zero-order chi connectivity index (χ0) is 21.3. The number of hydrogen-bond donors (Lipinski definition) is 2. The van der Waals surface area contributed by atoms with Crippen LogP contribution in [0.25, 0.3) is 10.8 Å². The first kappa shape index (κ1) is 20.7. The third kappa shape index (κ3) is 4.16. The van der Waals surface area contributed by atoms with E-state index in [4.69, 9.17) is 0 Å². The molecule has 30 heavy (non-hydrogen) atoms. The summed E-state index contributed by atoms with van der Waals surface area (Å²) >= 11 is 4.34. The molecule has 0 radical (unpaired) electrons. The number of sulfonamides is 1. The molecular weight excluding hydrogens is 489 g/mol. The highest BCUT2D eigenvalue weighted by Crippen LogP contribution is 2.43. The van der Waals surface area contributed by atoms with Gasteiger partial charge in [-0.05, 0) is 52.3 Å². The molecule has 0 saturated carbocycles. The van der Waals surface area contributed by atoms with E-state index in [0.717, 1.165) is 11.0 Å². The molecule has 0 aliphatic carbocycles. The topological polar surface area (TPSA) is 66.4 Å². The van der Waals surface area contributed by atoms with Crippen LogP contribution in [0.15, 0.2) is 98.0 Å². The first-order valence-electron chi connectivity index (χ1n) is 8.80. The monoisotopic (exact) mass is 503 g/mol. The van der Waals surface area contributed by atoms with Gasteiger partial charge in [0.25, 0.3) is 10.0 Å². The van der Waals surface area contributed by atoms with Crippen LogP contribution in [-0.4, -0.2) is 13.5 Å². The van der Waals surface area contributed by atoms with Gasteiger partial charge in [-0.15, -0.1) is 0 Å². The lowest BCUT2D eigenvalue weighted by molar-refractivity contribution is 0.469. The van der Waals surface area contributed by atoms with Crippen LogP contribution in [-0.2, 0) is 10.0 Å². The van der Waals surface area contributed by atoms with Gasteiger partial charge in [0.05, 0.1) is 20.0 Å². The predicted octanol–water partition coefficient (Wildman–Crippen LogP) is 6.40. The minimum Gasteiger partial charge on any atom is -0.506 e. The van der Waals surface area contributed by atoms with Crippen molar-refractivity contribution in [3.8, 4) is 5.75 Å². The standard InChI is InChI=1S/C22H15BrFNO3S2/c23-18-11-10-15(12-19(18)24)30(27,28)25-20-13-21(29-14-6-2-1-3-7-14)22(26)17-9-5-4-8-16(17)20/h1-13,25-26H. The van der Waals surface area contributed by atoms with Crippen molar-refractivity contribution >= 4 is 54.2 Å². The van der Waals surface area contributed by atoms with Crippen LogP contribution in [0.4, 0.5) is 10.1 Å². The third-order valence-electron chi connectivity index (χ3n) is 4.40. The van der Waals surface area contributed by atoms with Gasteiger partial charge >= 0.3 is 0 Å². The van der Waals surface area contributed by atoms with Crippen LogP contribution in [0.5, 0.6) is 5.75 Å². The summed E-state index contributed by atoms with van der Waals surface area (Å²) in [6.07, 6.45) is 0. The molecule has 2 N–H and O–H groups in total. The minimum atomic E-state index is -4.05. The Morgan fingerprint density at radius 3 is 2.27 bits per heavy atom. The molecule has 0 amide bonds. The first-order valence-corrected chi connectivity index (χ1v) is 11.9. The van der Waals surface area contributed by atoms with Crippen LogP contribution in [0.3, 0.4) is 0 Å². The summed E-state index contributed by atoms with van der Waals surface area (Å²) in [6.45, 7) is 0. The van der Waals surface area contributed by atoms with Crippen molar-refractivity contribution in [3.63, 3.8) is 0 Å². The van der Waals surface area contributed by atoms with E-state index in [2.05, 4.69) is 20.7 Å². The highest BCUT2D eigenvalue weighted by Gasteiger charge is 2.20. The molecule has 4 nitrogen and oxygen atoms in total. The molecule has 4 rings (SSSR count). The highest BCUT2D eigenvalue weighted by atomic mass is 79.9. The Morgan fingerprint density at radius 1 is 0.900 bits per heavy atom. The van der Waals surface area contributed by atoms with Crippen LogP contribution in [0.2, 0.25) is 0 Å². The molecule has 0 aliphatic rings. The molecule has 0 saturated heterocycles. The first-order chi connectivity index (χ1) is 14.3. The maximum absolute atomic E-state index is 13.9. The van der Waals surface area contributed by atoms with Crippen molar-refractivity contribution in [2.24, 2.45) is 0 Å². The van der Waals surface area contributed by atoms with E-state index in [1.165, 1.54) is 23.9 Å². The van der Waals surface area contributed by atoms with Crippen LogP contribution in [0, 0.1) is 5.82 Å². The zero-order valence-electron chi connectivity index (χ0n) is 15.3. The molecule has 0 atom stereocenters. The number of phenolic OH excluding ortho intramolecular Hbond substituents is 1. The second-order valence-electron chi connectivity index (χ2n) is 6.41. The summed E-state index contributed by atoms with van der Waals surface area (Å²) in [5.41, 5.74) is 0.296. The fraction of sp³-hybridized carbons (Fsp3) is 0. The zero-order valence-corrected chi connectivity index (χ0v) is 18.6. The fourth-order valence-electron chi connectivity index (χ4n) is 2.96. The molecular formula is C22H15BrFNO3S2. The number of hydrogen-bond acceptors (Lipinski definition) is 4. The summed E-state index contributed by atoms with van der Waals surface area (Å²) in [5.74, 6) is -0.606. The average Bonchev–Trinajstić information content (AvgIpc) is 2.74. The molecule has 8 heteroatoms. The Morgan fingerprint density at radius 2 is 1.57 bits per heavy atom. The molecule has 4 aromatic carbocycles. The smallest absolute Gasteiger partial charge is 0.262 e. The molecule has 0 heterocycles. The van der Waals surface area contributed by atoms with E-state index in [0.29, 0.717) is 21.4 Å². The van der Waals surface area contributed by atoms with Crippen molar-refractivity contribution < 1.29 is 17.9 Å². The maximum atomic E-state index is 13.9. The van der Waals surface area contributed by atoms with Gasteiger partial charge in [-0.3, -0.25) is 4.72 Å². The van der Waals surface area contributed by atoms with Gasteiger partial charge in [0.2, 0.25) is 0 Å². The summed E-state index contributed by atoms with van der Waals surface area (Å²) < 4.78 is 42.4. The minimum absolute atomic E-state index is 0.0667. The molecule has 0 spiro atoms. The molecule has 0 unspecified atom stereocenters. The van der Waals surface area contributed by atoms with Crippen LogP contribution >= 0.6 is 27.7 Å². The Balaban J connectivity index is 1.81. The normalized spacial score (nSPS) is 11.5. The number of phenols is 1. The number of nitrogens with one attached hydrogen (secondary N) is 1. The number of fused-ring (bicyclic) bond motifs is 1. The number of anilines is 1. The lowest BCUT2D eigenvalue weighted by Crippen LogP contribution is -2.13. The Kier molecular flexibility index (Phi) is 5.73. The van der Waals surface area contributed by atoms with E-state index in [1.54, 1.807) is 30.3 Å². The van der Waals surface area contributed by atoms with E-state index in [1.807, 2.05) is 30.3 Å².